The van der Waals surface area contributed by atoms with Crippen LogP contribution in [-0.4, -0.2) is 50.0 Å². The van der Waals surface area contributed by atoms with Gasteiger partial charge in [0.2, 0.25) is 20.0 Å². The van der Waals surface area contributed by atoms with Crippen LogP contribution in [0.25, 0.3) is 0 Å². The van der Waals surface area contributed by atoms with E-state index in [-0.39, 0.29) is 11.4 Å². The zero-order valence-corrected chi connectivity index (χ0v) is 18.9. The minimum atomic E-state index is -4.02. The zero-order chi connectivity index (χ0) is 23.5. The fourth-order valence-electron chi connectivity index (χ4n) is 3.01. The van der Waals surface area contributed by atoms with Gasteiger partial charge in [0.15, 0.2) is 0 Å². The third-order valence-electron chi connectivity index (χ3n) is 4.79. The number of hydrogen-bond acceptors (Lipinski definition) is 5. The van der Waals surface area contributed by atoms with Crippen molar-refractivity contribution in [3.63, 3.8) is 0 Å². The minimum Gasteiger partial charge on any atom is -0.336 e. The van der Waals surface area contributed by atoms with Gasteiger partial charge in [0, 0.05) is 33.0 Å². The van der Waals surface area contributed by atoms with E-state index in [0.29, 0.717) is 11.4 Å². The number of imidazole rings is 1. The number of halogens is 2. The Balaban J connectivity index is 1.79. The maximum absolute atomic E-state index is 13.8. The van der Waals surface area contributed by atoms with E-state index in [0.717, 1.165) is 28.6 Å². The second kappa shape index (κ2) is 9.45. The molecule has 0 radical (unpaired) electrons. The molecule has 12 heteroatoms. The number of sulfonamides is 2. The van der Waals surface area contributed by atoms with Gasteiger partial charge >= 0.3 is 0 Å². The molecule has 0 amide bonds. The quantitative estimate of drug-likeness (QED) is 0.501. The highest BCUT2D eigenvalue weighted by Gasteiger charge is 2.27. The smallest absolute Gasteiger partial charge is 0.242 e. The molecule has 1 aromatic heterocycles. The predicted molar refractivity (Wildman–Crippen MR) is 115 cm³/mol. The third-order valence-corrected chi connectivity index (χ3v) is 7.98. The second-order valence-electron chi connectivity index (χ2n) is 7.10. The van der Waals surface area contributed by atoms with Crippen LogP contribution in [-0.2, 0) is 27.1 Å². The summed E-state index contributed by atoms with van der Waals surface area (Å²) < 4.78 is 82.6. The van der Waals surface area contributed by atoms with Gasteiger partial charge in [0.25, 0.3) is 0 Å². The molecule has 0 saturated carbocycles. The van der Waals surface area contributed by atoms with Crippen molar-refractivity contribution in [1.82, 2.24) is 18.6 Å². The van der Waals surface area contributed by atoms with Gasteiger partial charge in [-0.2, -0.15) is 4.31 Å². The number of hydrogen-bond donors (Lipinski definition) is 1. The van der Waals surface area contributed by atoms with Crippen molar-refractivity contribution in [2.45, 2.75) is 10.9 Å². The first-order valence-corrected chi connectivity index (χ1v) is 12.5. The van der Waals surface area contributed by atoms with Gasteiger partial charge in [-0.05, 0) is 42.0 Å². The van der Waals surface area contributed by atoms with Crippen LogP contribution in [0.4, 0.5) is 8.78 Å². The molecule has 3 aromatic rings. The van der Waals surface area contributed by atoms with E-state index in [4.69, 9.17) is 0 Å². The number of rotatable bonds is 9. The van der Waals surface area contributed by atoms with Crippen LogP contribution < -0.4 is 4.72 Å². The van der Waals surface area contributed by atoms with Gasteiger partial charge in [-0.3, -0.25) is 0 Å². The lowest BCUT2D eigenvalue weighted by molar-refractivity contribution is 0.482. The van der Waals surface area contributed by atoms with Crippen molar-refractivity contribution in [1.29, 1.82) is 0 Å². The summed E-state index contributed by atoms with van der Waals surface area (Å²) in [6, 6.07) is 8.72. The topological polar surface area (TPSA) is 101 Å². The van der Waals surface area contributed by atoms with Gasteiger partial charge in [-0.25, -0.2) is 35.3 Å². The Kier molecular flexibility index (Phi) is 7.08. The van der Waals surface area contributed by atoms with Crippen LogP contribution in [0.2, 0.25) is 0 Å². The molecule has 0 aliphatic heterocycles. The Labute approximate surface area is 185 Å². The normalized spacial score (nSPS) is 13.4. The Morgan fingerprint density at radius 1 is 1.06 bits per heavy atom. The van der Waals surface area contributed by atoms with Crippen LogP contribution in [0.15, 0.2) is 65.8 Å². The highest BCUT2D eigenvalue weighted by Crippen LogP contribution is 2.22. The van der Waals surface area contributed by atoms with E-state index in [1.807, 2.05) is 0 Å². The van der Waals surface area contributed by atoms with Crippen molar-refractivity contribution < 1.29 is 25.6 Å². The van der Waals surface area contributed by atoms with Gasteiger partial charge in [0.1, 0.15) is 23.5 Å². The second-order valence-corrected chi connectivity index (χ2v) is 11.0. The first-order chi connectivity index (χ1) is 15.0. The summed E-state index contributed by atoms with van der Waals surface area (Å²) in [5, 5.41) is 0. The third kappa shape index (κ3) is 5.57. The molecular formula is C20H22F2N4O4S2. The van der Waals surface area contributed by atoms with Crippen LogP contribution in [0.3, 0.4) is 0 Å². The van der Waals surface area contributed by atoms with Crippen molar-refractivity contribution in [3.05, 3.63) is 83.9 Å². The average Bonchev–Trinajstić information content (AvgIpc) is 3.16. The Hall–Kier alpha value is -2.67. The van der Waals surface area contributed by atoms with Crippen LogP contribution in [0.1, 0.15) is 17.4 Å². The molecule has 0 aliphatic rings. The summed E-state index contributed by atoms with van der Waals surface area (Å²) in [5.74, 6) is -1.34. The standard InChI is InChI=1S/C20H22F2N4O4S2/c1-25-11-10-23-20(25)19(15-4-3-5-17(22)14-15)24-31(27,28)13-12-26(2)32(29,30)18-8-6-16(21)7-9-18/h3-11,14,19,24H,12-13H2,1-2H3/t19-/m1/s1. The first-order valence-electron chi connectivity index (χ1n) is 9.44. The fourth-order valence-corrected chi connectivity index (χ4v) is 5.52. The minimum absolute atomic E-state index is 0.155. The van der Waals surface area contributed by atoms with Gasteiger partial charge in [-0.15, -0.1) is 0 Å². The molecule has 1 heterocycles. The molecule has 2 aromatic carbocycles. The monoisotopic (exact) mass is 484 g/mol. The number of nitrogens with one attached hydrogen (secondary N) is 1. The fraction of sp³-hybridized carbons (Fsp3) is 0.250. The molecule has 3 rings (SSSR count). The summed E-state index contributed by atoms with van der Waals surface area (Å²) in [6.07, 6.45) is 3.11. The average molecular weight is 485 g/mol. The summed E-state index contributed by atoms with van der Waals surface area (Å²) >= 11 is 0. The van der Waals surface area contributed by atoms with Crippen molar-refractivity contribution in [2.75, 3.05) is 19.3 Å². The molecule has 0 bridgehead atoms. The largest absolute Gasteiger partial charge is 0.336 e. The highest BCUT2D eigenvalue weighted by atomic mass is 32.2. The molecule has 32 heavy (non-hydrogen) atoms. The summed E-state index contributed by atoms with van der Waals surface area (Å²) in [7, 11) is -5.12. The van der Waals surface area contributed by atoms with Crippen LogP contribution >= 0.6 is 0 Å². The Morgan fingerprint density at radius 3 is 2.34 bits per heavy atom. The molecular weight excluding hydrogens is 462 g/mol. The molecule has 0 spiro atoms. The molecule has 0 aliphatic carbocycles. The highest BCUT2D eigenvalue weighted by molar-refractivity contribution is 7.90. The molecule has 0 unspecified atom stereocenters. The van der Waals surface area contributed by atoms with E-state index >= 15 is 0 Å². The van der Waals surface area contributed by atoms with E-state index in [1.165, 1.54) is 31.4 Å². The van der Waals surface area contributed by atoms with Crippen LogP contribution in [0, 0.1) is 11.6 Å². The SMILES string of the molecule is CN(CCS(=O)(=O)N[C@H](c1cccc(F)c1)c1nccn1C)S(=O)(=O)c1ccc(F)cc1. The Morgan fingerprint density at radius 2 is 1.75 bits per heavy atom. The van der Waals surface area contributed by atoms with Gasteiger partial charge in [0.05, 0.1) is 10.6 Å². The predicted octanol–water partition coefficient (Wildman–Crippen LogP) is 2.03. The van der Waals surface area contributed by atoms with E-state index < -0.39 is 43.5 Å². The lowest BCUT2D eigenvalue weighted by Crippen LogP contribution is -2.38. The van der Waals surface area contributed by atoms with Crippen LogP contribution in [0.5, 0.6) is 0 Å². The number of aromatic nitrogens is 2. The number of aryl methyl sites for hydroxylation is 1. The number of benzene rings is 2. The summed E-state index contributed by atoms with van der Waals surface area (Å²) in [4.78, 5) is 4.01. The van der Waals surface area contributed by atoms with E-state index in [2.05, 4.69) is 9.71 Å². The molecule has 8 nitrogen and oxygen atoms in total. The maximum Gasteiger partial charge on any atom is 0.242 e. The molecule has 0 fully saturated rings. The van der Waals surface area contributed by atoms with Crippen molar-refractivity contribution in [2.24, 2.45) is 7.05 Å². The Bertz CT molecular complexity index is 1290. The maximum atomic E-state index is 13.8. The zero-order valence-electron chi connectivity index (χ0n) is 17.3. The lowest BCUT2D eigenvalue weighted by Gasteiger charge is -2.21. The molecule has 172 valence electrons. The summed E-state index contributed by atoms with van der Waals surface area (Å²) in [5.41, 5.74) is 0.343. The molecule has 0 saturated heterocycles. The van der Waals surface area contributed by atoms with Gasteiger partial charge in [-0.1, -0.05) is 12.1 Å². The summed E-state index contributed by atoms with van der Waals surface area (Å²) in [6.45, 7) is -0.356. The van der Waals surface area contributed by atoms with E-state index in [9.17, 15) is 25.6 Å². The van der Waals surface area contributed by atoms with Crippen molar-refractivity contribution in [3.8, 4) is 0 Å². The van der Waals surface area contributed by atoms with E-state index in [1.54, 1.807) is 23.9 Å². The number of nitrogens with zero attached hydrogens (tertiary/aromatic N) is 3. The lowest BCUT2D eigenvalue weighted by atomic mass is 10.1. The van der Waals surface area contributed by atoms with Crippen molar-refractivity contribution >= 4 is 20.0 Å². The van der Waals surface area contributed by atoms with Gasteiger partial charge < -0.3 is 4.57 Å². The molecule has 1 N–H and O–H groups in total. The molecule has 1 atom stereocenters. The first kappa shape index (κ1) is 24.0.